The molecule has 2 fully saturated rings. The number of aliphatic hydroxyl groups is 1. The zero-order chi connectivity index (χ0) is 27.6. The fourth-order valence-electron chi connectivity index (χ4n) is 6.46. The number of hydrogen-bond acceptors (Lipinski definition) is 5. The maximum absolute atomic E-state index is 14.3. The van der Waals surface area contributed by atoms with Crippen LogP contribution in [0.15, 0.2) is 42.7 Å². The first-order chi connectivity index (χ1) is 18.5. The zero-order valence-electron chi connectivity index (χ0n) is 22.1. The molecule has 1 amide bonds. The Bertz CT molecular complexity index is 1420. The van der Waals surface area contributed by atoms with Crippen molar-refractivity contribution in [1.82, 2.24) is 20.1 Å². The molecule has 10 heteroatoms. The normalized spacial score (nSPS) is 20.4. The molecule has 0 spiro atoms. The molecular formula is C29H32F3N5O2. The molecule has 39 heavy (non-hydrogen) atoms. The van der Waals surface area contributed by atoms with Gasteiger partial charge in [-0.25, -0.2) is 0 Å². The highest BCUT2D eigenvalue weighted by molar-refractivity contribution is 6.10. The molecule has 1 atom stereocenters. The fraction of sp³-hybridized carbons (Fsp3) is 0.483. The van der Waals surface area contributed by atoms with Crippen molar-refractivity contribution in [2.24, 2.45) is 7.05 Å². The predicted molar refractivity (Wildman–Crippen MR) is 139 cm³/mol. The van der Waals surface area contributed by atoms with Crippen molar-refractivity contribution in [3.05, 3.63) is 76.4 Å². The maximum Gasteiger partial charge on any atom is 0.416 e. The molecule has 0 unspecified atom stereocenters. The lowest BCUT2D eigenvalue weighted by atomic mass is 9.63. The molecule has 0 radical (unpaired) electrons. The van der Waals surface area contributed by atoms with Crippen LogP contribution in [-0.2, 0) is 25.2 Å². The number of aryl methyl sites for hydroxylation is 1. The van der Waals surface area contributed by atoms with Crippen molar-refractivity contribution in [3.8, 4) is 0 Å². The average Bonchev–Trinajstić information content (AvgIpc) is 3.43. The molecule has 206 valence electrons. The van der Waals surface area contributed by atoms with E-state index in [1.807, 2.05) is 36.7 Å². The van der Waals surface area contributed by atoms with Crippen LogP contribution in [0.1, 0.15) is 89.9 Å². The first-order valence-corrected chi connectivity index (χ1v) is 13.4. The van der Waals surface area contributed by atoms with Gasteiger partial charge in [-0.15, -0.1) is 10.2 Å². The van der Waals surface area contributed by atoms with E-state index in [0.717, 1.165) is 56.0 Å². The molecule has 7 nitrogen and oxygen atoms in total. The summed E-state index contributed by atoms with van der Waals surface area (Å²) in [4.78, 5) is 15.1. The number of aromatic nitrogens is 3. The molecule has 0 bridgehead atoms. The molecule has 3 aromatic rings. The van der Waals surface area contributed by atoms with E-state index in [2.05, 4.69) is 15.5 Å². The van der Waals surface area contributed by atoms with Gasteiger partial charge in [0.15, 0.2) is 0 Å². The number of nitrogens with one attached hydrogen (secondary N) is 1. The Morgan fingerprint density at radius 2 is 1.87 bits per heavy atom. The average molecular weight is 540 g/mol. The van der Waals surface area contributed by atoms with Gasteiger partial charge >= 0.3 is 6.18 Å². The molecule has 2 aliphatic carbocycles. The lowest BCUT2D eigenvalue weighted by Crippen LogP contribution is -2.50. The van der Waals surface area contributed by atoms with E-state index in [4.69, 9.17) is 0 Å². The smallest absolute Gasteiger partial charge is 0.394 e. The first kappa shape index (κ1) is 26.0. The van der Waals surface area contributed by atoms with Gasteiger partial charge in [0.2, 0.25) is 0 Å². The number of aliphatic hydroxyl groups excluding tert-OH is 1. The number of hydrogen-bond donors (Lipinski definition) is 2. The summed E-state index contributed by atoms with van der Waals surface area (Å²) in [5, 5.41) is 21.8. The summed E-state index contributed by atoms with van der Waals surface area (Å²) < 4.78 is 44.8. The lowest BCUT2D eigenvalue weighted by Gasteiger charge is -2.42. The zero-order valence-corrected chi connectivity index (χ0v) is 22.1. The lowest BCUT2D eigenvalue weighted by molar-refractivity contribution is -0.138. The van der Waals surface area contributed by atoms with Gasteiger partial charge in [0, 0.05) is 23.8 Å². The molecule has 0 saturated heterocycles. The summed E-state index contributed by atoms with van der Waals surface area (Å²) in [6, 6.07) is 9.43. The highest BCUT2D eigenvalue weighted by Gasteiger charge is 2.45. The van der Waals surface area contributed by atoms with E-state index in [1.54, 1.807) is 12.4 Å². The number of benzene rings is 2. The summed E-state index contributed by atoms with van der Waals surface area (Å²) in [5.74, 6) is 0.371. The SMILES string of the molecule is Cn1cnnc1C1(c2cccc(N3Cc4c(cc([C@H](CO)NC5(C)CCC5)cc4C(F)(F)F)C3=O)c2)CCC1. The van der Waals surface area contributed by atoms with Crippen molar-refractivity contribution in [2.75, 3.05) is 11.5 Å². The molecule has 1 aromatic heterocycles. The summed E-state index contributed by atoms with van der Waals surface area (Å²) >= 11 is 0. The van der Waals surface area contributed by atoms with E-state index in [1.165, 1.54) is 11.0 Å². The molecular weight excluding hydrogens is 507 g/mol. The monoisotopic (exact) mass is 539 g/mol. The Kier molecular flexibility index (Phi) is 6.11. The quantitative estimate of drug-likeness (QED) is 0.440. The summed E-state index contributed by atoms with van der Waals surface area (Å²) in [7, 11) is 1.90. The second kappa shape index (κ2) is 9.16. The van der Waals surface area contributed by atoms with Gasteiger partial charge in [-0.1, -0.05) is 18.6 Å². The predicted octanol–water partition coefficient (Wildman–Crippen LogP) is 5.03. The number of amides is 1. The number of alkyl halides is 3. The Morgan fingerprint density at radius 3 is 2.44 bits per heavy atom. The Morgan fingerprint density at radius 1 is 1.13 bits per heavy atom. The van der Waals surface area contributed by atoms with Crippen LogP contribution in [0.5, 0.6) is 0 Å². The van der Waals surface area contributed by atoms with Crippen LogP contribution < -0.4 is 10.2 Å². The van der Waals surface area contributed by atoms with Gasteiger partial charge in [0.05, 0.1) is 30.2 Å². The highest BCUT2D eigenvalue weighted by atomic mass is 19.4. The first-order valence-electron chi connectivity index (χ1n) is 13.4. The number of anilines is 1. The second-order valence-electron chi connectivity index (χ2n) is 11.5. The summed E-state index contributed by atoms with van der Waals surface area (Å²) in [6.07, 6.45) is 2.63. The number of rotatable bonds is 7. The minimum atomic E-state index is -4.64. The van der Waals surface area contributed by atoms with Crippen LogP contribution in [0, 0.1) is 0 Å². The third-order valence-corrected chi connectivity index (χ3v) is 8.99. The Hall–Kier alpha value is -3.24. The number of carbonyl (C=O) groups excluding carboxylic acids is 1. The topological polar surface area (TPSA) is 83.3 Å². The van der Waals surface area contributed by atoms with E-state index >= 15 is 0 Å². The van der Waals surface area contributed by atoms with Gasteiger partial charge in [0.1, 0.15) is 12.2 Å². The minimum Gasteiger partial charge on any atom is -0.394 e. The maximum atomic E-state index is 14.3. The fourth-order valence-corrected chi connectivity index (χ4v) is 6.46. The second-order valence-corrected chi connectivity index (χ2v) is 11.5. The van der Waals surface area contributed by atoms with E-state index in [-0.39, 0.29) is 40.8 Å². The third kappa shape index (κ3) is 4.24. The molecule has 2 heterocycles. The third-order valence-electron chi connectivity index (χ3n) is 8.99. The van der Waals surface area contributed by atoms with E-state index < -0.39 is 23.7 Å². The molecule has 2 saturated carbocycles. The number of halogens is 3. The van der Waals surface area contributed by atoms with Crippen molar-refractivity contribution in [1.29, 1.82) is 0 Å². The number of nitrogens with zero attached hydrogens (tertiary/aromatic N) is 4. The van der Waals surface area contributed by atoms with E-state index in [0.29, 0.717) is 5.69 Å². The largest absolute Gasteiger partial charge is 0.416 e. The summed E-state index contributed by atoms with van der Waals surface area (Å²) in [6.45, 7) is 1.47. The number of carbonyl (C=O) groups is 1. The van der Waals surface area contributed by atoms with Crippen LogP contribution in [0.25, 0.3) is 0 Å². The van der Waals surface area contributed by atoms with Gasteiger partial charge in [0.25, 0.3) is 5.91 Å². The van der Waals surface area contributed by atoms with Crippen LogP contribution in [-0.4, -0.2) is 37.9 Å². The molecule has 2 aromatic carbocycles. The van der Waals surface area contributed by atoms with Gasteiger partial charge < -0.3 is 19.9 Å². The van der Waals surface area contributed by atoms with Gasteiger partial charge in [-0.2, -0.15) is 13.2 Å². The molecule has 1 aliphatic heterocycles. The Balaban J connectivity index is 1.37. The standard InChI is InChI=1S/C29H32F3N5O2/c1-27(8-4-9-27)34-24(16-38)18-12-21-22(23(13-18)29(30,31)32)15-37(25(21)39)20-7-3-6-19(14-20)28(10-5-11-28)26-35-33-17-36(26)2/h3,6-7,12-14,17,24,34,38H,4-5,8-11,15-16H2,1-2H3/t24-/m0/s1. The molecule has 3 aliphatic rings. The van der Waals surface area contributed by atoms with Gasteiger partial charge in [-0.05, 0) is 80.0 Å². The molecule has 6 rings (SSSR count). The number of fused-ring (bicyclic) bond motifs is 1. The van der Waals surface area contributed by atoms with Crippen LogP contribution >= 0.6 is 0 Å². The van der Waals surface area contributed by atoms with Crippen molar-refractivity contribution in [2.45, 2.75) is 75.2 Å². The minimum absolute atomic E-state index is 0.0279. The van der Waals surface area contributed by atoms with Crippen molar-refractivity contribution >= 4 is 11.6 Å². The Labute approximate surface area is 225 Å². The van der Waals surface area contributed by atoms with Gasteiger partial charge in [-0.3, -0.25) is 4.79 Å². The summed E-state index contributed by atoms with van der Waals surface area (Å²) in [5.41, 5.74) is 0.416. The van der Waals surface area contributed by atoms with Crippen LogP contribution in [0.2, 0.25) is 0 Å². The van der Waals surface area contributed by atoms with Crippen molar-refractivity contribution in [3.63, 3.8) is 0 Å². The van der Waals surface area contributed by atoms with Crippen molar-refractivity contribution < 1.29 is 23.1 Å². The highest BCUT2D eigenvalue weighted by Crippen LogP contribution is 2.49. The molecule has 2 N–H and O–H groups in total. The van der Waals surface area contributed by atoms with E-state index in [9.17, 15) is 23.1 Å². The van der Waals surface area contributed by atoms with Crippen LogP contribution in [0.4, 0.5) is 18.9 Å². The van der Waals surface area contributed by atoms with Crippen LogP contribution in [0.3, 0.4) is 0 Å².